The molecule has 0 bridgehead atoms. The number of hydrogen-bond donors (Lipinski definition) is 0. The summed E-state index contributed by atoms with van der Waals surface area (Å²) in [6, 6.07) is 9.34. The zero-order valence-electron chi connectivity index (χ0n) is 4.92. The van der Waals surface area contributed by atoms with Gasteiger partial charge in [-0.25, -0.2) is 0 Å². The van der Waals surface area contributed by atoms with Gasteiger partial charge in [0.25, 0.3) is 0 Å². The Labute approximate surface area is 59.3 Å². The molecule has 2 radical (unpaired) electrons. The Kier molecular flexibility index (Phi) is 1.23. The van der Waals surface area contributed by atoms with Crippen molar-refractivity contribution < 1.29 is 0 Å². The minimum atomic E-state index is 1.08. The van der Waals surface area contributed by atoms with E-state index in [-0.39, 0.29) is 0 Å². The van der Waals surface area contributed by atoms with Gasteiger partial charge in [-0.05, 0) is 24.1 Å². The summed E-state index contributed by atoms with van der Waals surface area (Å²) in [5.41, 5.74) is 1.35. The zero-order chi connectivity index (χ0) is 6.10. The van der Waals surface area contributed by atoms with Gasteiger partial charge in [-0.2, -0.15) is 0 Å². The van der Waals surface area contributed by atoms with Crippen molar-refractivity contribution in [2.75, 3.05) is 0 Å². The van der Waals surface area contributed by atoms with Gasteiger partial charge >= 0.3 is 0 Å². The second kappa shape index (κ2) is 2.07. The lowest BCUT2D eigenvalue weighted by Crippen LogP contribution is -1.75. The first-order valence-electron chi connectivity index (χ1n) is 2.95. The second-order valence-corrected chi connectivity index (χ2v) is 3.01. The van der Waals surface area contributed by atoms with Gasteiger partial charge in [-0.3, -0.25) is 0 Å². The molecule has 0 aromatic heterocycles. The molecule has 2 rings (SSSR count). The van der Waals surface area contributed by atoms with Gasteiger partial charge in [-0.1, -0.05) is 12.1 Å². The fraction of sp³-hybridized carbons (Fsp3) is 0.125. The van der Waals surface area contributed by atoms with Crippen molar-refractivity contribution in [3.63, 3.8) is 0 Å². The van der Waals surface area contributed by atoms with Gasteiger partial charge < -0.3 is 0 Å². The first-order chi connectivity index (χ1) is 4.47. The predicted octanol–water partition coefficient (Wildman–Crippen LogP) is 2.30. The fourth-order valence-corrected chi connectivity index (χ4v) is 1.81. The molecule has 0 fully saturated rings. The minimum Gasteiger partial charge on any atom is -0.121 e. The van der Waals surface area contributed by atoms with Crippen LogP contribution in [0, 0.1) is 11.8 Å². The highest BCUT2D eigenvalue weighted by Gasteiger charge is 2.08. The van der Waals surface area contributed by atoms with Crippen molar-refractivity contribution in [3.05, 3.63) is 35.6 Å². The van der Waals surface area contributed by atoms with Crippen LogP contribution in [0.5, 0.6) is 0 Å². The summed E-state index contributed by atoms with van der Waals surface area (Å²) in [5, 5.41) is 0. The van der Waals surface area contributed by atoms with Gasteiger partial charge in [0.1, 0.15) is 0 Å². The molecule has 1 heterocycles. The summed E-state index contributed by atoms with van der Waals surface area (Å²) in [6.07, 6.45) is 1.08. The second-order valence-electron chi connectivity index (χ2n) is 2.00. The Morgan fingerprint density at radius 2 is 2.56 bits per heavy atom. The monoisotopic (exact) mass is 134 g/mol. The third kappa shape index (κ3) is 0.855. The van der Waals surface area contributed by atoms with Crippen LogP contribution < -0.4 is 0 Å². The highest BCUT2D eigenvalue weighted by Crippen LogP contribution is 2.33. The van der Waals surface area contributed by atoms with Gasteiger partial charge in [0, 0.05) is 10.6 Å². The average molecular weight is 134 g/mol. The van der Waals surface area contributed by atoms with Crippen molar-refractivity contribution in [3.8, 4) is 0 Å². The van der Waals surface area contributed by atoms with Crippen LogP contribution in [0.25, 0.3) is 0 Å². The van der Waals surface area contributed by atoms with Crippen LogP contribution in [0.15, 0.2) is 23.1 Å². The number of hydrogen-bond acceptors (Lipinski definition) is 1. The van der Waals surface area contributed by atoms with Gasteiger partial charge in [-0.15, -0.1) is 11.8 Å². The maximum atomic E-state index is 3.20. The normalized spacial score (nSPS) is 15.6. The van der Waals surface area contributed by atoms with Gasteiger partial charge in [0.15, 0.2) is 0 Å². The highest BCUT2D eigenvalue weighted by atomic mass is 32.2. The number of rotatable bonds is 0. The molecule has 1 aromatic carbocycles. The molecule has 1 aliphatic heterocycles. The average Bonchev–Trinajstić information content (AvgIpc) is 2.33. The van der Waals surface area contributed by atoms with E-state index < -0.39 is 0 Å². The summed E-state index contributed by atoms with van der Waals surface area (Å²) in [5.74, 6) is 2.21. The fourth-order valence-electron chi connectivity index (χ4n) is 0.941. The highest BCUT2D eigenvalue weighted by molar-refractivity contribution is 8.01. The van der Waals surface area contributed by atoms with E-state index in [9.17, 15) is 0 Å². The molecule has 0 amide bonds. The van der Waals surface area contributed by atoms with E-state index in [1.54, 1.807) is 0 Å². The standard InChI is InChI=1S/C8H6S/c1-2-4-8-7(3-1)5-6-9-8/h1-2,4,6H,5H2. The van der Waals surface area contributed by atoms with Crippen LogP contribution in [0.4, 0.5) is 0 Å². The molecule has 1 aromatic rings. The van der Waals surface area contributed by atoms with Crippen LogP contribution in [0.3, 0.4) is 0 Å². The molecular formula is C8H6S. The first-order valence-corrected chi connectivity index (χ1v) is 3.83. The van der Waals surface area contributed by atoms with E-state index in [0.717, 1.165) is 6.42 Å². The number of benzene rings is 1. The van der Waals surface area contributed by atoms with Crippen LogP contribution >= 0.6 is 11.8 Å². The molecule has 0 nitrogen and oxygen atoms in total. The lowest BCUT2D eigenvalue weighted by Gasteiger charge is -1.91. The van der Waals surface area contributed by atoms with Crippen LogP contribution in [-0.4, -0.2) is 0 Å². The molecule has 0 saturated heterocycles. The summed E-state index contributed by atoms with van der Waals surface area (Å²) in [4.78, 5) is 1.37. The maximum Gasteiger partial charge on any atom is 0.0261 e. The topological polar surface area (TPSA) is 0 Å². The van der Waals surface area contributed by atoms with Crippen LogP contribution in [0.2, 0.25) is 0 Å². The van der Waals surface area contributed by atoms with E-state index in [4.69, 9.17) is 0 Å². The molecule has 44 valence electrons. The number of thioether (sulfide) groups is 1. The van der Waals surface area contributed by atoms with E-state index in [2.05, 4.69) is 17.9 Å². The lowest BCUT2D eigenvalue weighted by atomic mass is 10.2. The zero-order valence-corrected chi connectivity index (χ0v) is 5.74. The Morgan fingerprint density at radius 1 is 1.56 bits per heavy atom. The molecule has 0 saturated carbocycles. The van der Waals surface area contributed by atoms with Crippen molar-refractivity contribution >= 4 is 11.8 Å². The summed E-state index contributed by atoms with van der Waals surface area (Å²) in [6.45, 7) is 0. The lowest BCUT2D eigenvalue weighted by molar-refractivity contribution is 1.20. The van der Waals surface area contributed by atoms with Gasteiger partial charge in [0.05, 0.1) is 0 Å². The van der Waals surface area contributed by atoms with E-state index >= 15 is 0 Å². The smallest absolute Gasteiger partial charge is 0.0261 e. The van der Waals surface area contributed by atoms with Crippen molar-refractivity contribution in [2.45, 2.75) is 11.3 Å². The molecule has 9 heavy (non-hydrogen) atoms. The molecule has 0 N–H and O–H groups in total. The Morgan fingerprint density at radius 3 is 3.44 bits per heavy atom. The predicted molar refractivity (Wildman–Crippen MR) is 39.1 cm³/mol. The minimum absolute atomic E-state index is 1.08. The SMILES string of the molecule is [c]1cccc2c1C[CH]S2. The molecule has 0 aliphatic carbocycles. The van der Waals surface area contributed by atoms with E-state index in [1.165, 1.54) is 10.5 Å². The van der Waals surface area contributed by atoms with Crippen LogP contribution in [0.1, 0.15) is 5.56 Å². The summed E-state index contributed by atoms with van der Waals surface area (Å²) >= 11 is 1.81. The number of fused-ring (bicyclic) bond motifs is 1. The largest absolute Gasteiger partial charge is 0.121 e. The Balaban J connectivity index is 2.54. The molecule has 1 aliphatic rings. The van der Waals surface area contributed by atoms with Crippen molar-refractivity contribution in [2.24, 2.45) is 0 Å². The van der Waals surface area contributed by atoms with Crippen LogP contribution in [-0.2, 0) is 6.42 Å². The third-order valence-corrected chi connectivity index (χ3v) is 2.37. The Hall–Kier alpha value is -0.430. The maximum absolute atomic E-state index is 3.20. The molecule has 0 atom stereocenters. The molecule has 1 heteroatoms. The quantitative estimate of drug-likeness (QED) is 0.524. The van der Waals surface area contributed by atoms with Gasteiger partial charge in [0.2, 0.25) is 0 Å². The third-order valence-electron chi connectivity index (χ3n) is 1.40. The summed E-state index contributed by atoms with van der Waals surface area (Å²) in [7, 11) is 0. The molecule has 0 unspecified atom stereocenters. The Bertz CT molecular complexity index is 195. The van der Waals surface area contributed by atoms with E-state index in [0.29, 0.717) is 0 Å². The molecule has 0 spiro atoms. The van der Waals surface area contributed by atoms with Crippen molar-refractivity contribution in [1.82, 2.24) is 0 Å². The van der Waals surface area contributed by atoms with E-state index in [1.807, 2.05) is 23.9 Å². The summed E-state index contributed by atoms with van der Waals surface area (Å²) < 4.78 is 0. The first kappa shape index (κ1) is 5.36. The molecular weight excluding hydrogens is 128 g/mol. The van der Waals surface area contributed by atoms with Crippen molar-refractivity contribution in [1.29, 1.82) is 0 Å².